The van der Waals surface area contributed by atoms with E-state index in [0.717, 1.165) is 23.4 Å². The van der Waals surface area contributed by atoms with E-state index in [2.05, 4.69) is 10.3 Å². The summed E-state index contributed by atoms with van der Waals surface area (Å²) in [6.45, 7) is 4.92. The molecule has 2 heterocycles. The highest BCUT2D eigenvalue weighted by Crippen LogP contribution is 2.30. The molecule has 0 saturated heterocycles. The monoisotopic (exact) mass is 451 g/mol. The summed E-state index contributed by atoms with van der Waals surface area (Å²) in [5.41, 5.74) is 0.0410. The highest BCUT2D eigenvalue weighted by Gasteiger charge is 2.30. The van der Waals surface area contributed by atoms with Crippen LogP contribution in [0, 0.1) is 0 Å². The van der Waals surface area contributed by atoms with E-state index in [0.29, 0.717) is 18.0 Å². The zero-order valence-electron chi connectivity index (χ0n) is 17.3. The SMILES string of the molecule is CC[C@H](C)NC(=O)c1coc(CN(Cc2cccc(C(F)(F)F)c2)Cc2cccs2)n1. The number of thiophene rings is 1. The first-order chi connectivity index (χ1) is 14.7. The number of aromatic nitrogens is 1. The first-order valence-electron chi connectivity index (χ1n) is 9.90. The Labute approximate surface area is 182 Å². The third kappa shape index (κ3) is 6.67. The van der Waals surface area contributed by atoms with Crippen LogP contribution in [-0.4, -0.2) is 21.8 Å². The van der Waals surface area contributed by atoms with E-state index in [1.54, 1.807) is 17.4 Å². The molecule has 166 valence electrons. The van der Waals surface area contributed by atoms with E-state index in [-0.39, 0.29) is 30.7 Å². The molecule has 0 bridgehead atoms. The van der Waals surface area contributed by atoms with Gasteiger partial charge in [0.2, 0.25) is 5.89 Å². The zero-order chi connectivity index (χ0) is 22.4. The van der Waals surface area contributed by atoms with Crippen LogP contribution in [0.5, 0.6) is 0 Å². The lowest BCUT2D eigenvalue weighted by atomic mass is 10.1. The number of hydrogen-bond acceptors (Lipinski definition) is 5. The van der Waals surface area contributed by atoms with Crippen LogP contribution in [0.2, 0.25) is 0 Å². The number of nitrogens with zero attached hydrogens (tertiary/aromatic N) is 2. The molecular formula is C22H24F3N3O2S. The molecule has 0 radical (unpaired) electrons. The summed E-state index contributed by atoms with van der Waals surface area (Å²) in [6.07, 6.45) is -2.29. The highest BCUT2D eigenvalue weighted by molar-refractivity contribution is 7.09. The van der Waals surface area contributed by atoms with Gasteiger partial charge in [-0.1, -0.05) is 31.2 Å². The van der Waals surface area contributed by atoms with Gasteiger partial charge in [0, 0.05) is 24.0 Å². The lowest BCUT2D eigenvalue weighted by Crippen LogP contribution is -2.32. The Morgan fingerprint density at radius 2 is 2.03 bits per heavy atom. The topological polar surface area (TPSA) is 58.4 Å². The molecule has 1 N–H and O–H groups in total. The lowest BCUT2D eigenvalue weighted by Gasteiger charge is -2.21. The number of halogens is 3. The predicted molar refractivity (Wildman–Crippen MR) is 112 cm³/mol. The summed E-state index contributed by atoms with van der Waals surface area (Å²) in [5.74, 6) is 0.0184. The smallest absolute Gasteiger partial charge is 0.416 e. The van der Waals surface area contributed by atoms with Crippen LogP contribution in [0.1, 0.15) is 52.7 Å². The van der Waals surface area contributed by atoms with Crippen molar-refractivity contribution in [2.75, 3.05) is 0 Å². The number of carbonyl (C=O) groups excluding carboxylic acids is 1. The van der Waals surface area contributed by atoms with Crippen LogP contribution in [0.3, 0.4) is 0 Å². The minimum Gasteiger partial charge on any atom is -0.447 e. The molecule has 0 spiro atoms. The van der Waals surface area contributed by atoms with Crippen molar-refractivity contribution in [2.24, 2.45) is 0 Å². The number of amides is 1. The van der Waals surface area contributed by atoms with Gasteiger partial charge >= 0.3 is 6.18 Å². The van der Waals surface area contributed by atoms with Gasteiger partial charge in [0.25, 0.3) is 5.91 Å². The van der Waals surface area contributed by atoms with Gasteiger partial charge in [-0.15, -0.1) is 11.3 Å². The maximum absolute atomic E-state index is 13.1. The first-order valence-corrected chi connectivity index (χ1v) is 10.8. The Balaban J connectivity index is 1.75. The molecule has 0 unspecified atom stereocenters. The fraction of sp³-hybridized carbons (Fsp3) is 0.364. The van der Waals surface area contributed by atoms with Gasteiger partial charge in [-0.3, -0.25) is 9.69 Å². The van der Waals surface area contributed by atoms with Crippen molar-refractivity contribution >= 4 is 17.2 Å². The molecule has 0 fully saturated rings. The van der Waals surface area contributed by atoms with Crippen LogP contribution in [0.15, 0.2) is 52.5 Å². The predicted octanol–water partition coefficient (Wildman–Crippen LogP) is 5.49. The van der Waals surface area contributed by atoms with Crippen molar-refractivity contribution in [3.8, 4) is 0 Å². The van der Waals surface area contributed by atoms with E-state index in [9.17, 15) is 18.0 Å². The third-order valence-corrected chi connectivity index (χ3v) is 5.61. The fourth-order valence-corrected chi connectivity index (χ4v) is 3.72. The minimum atomic E-state index is -4.39. The van der Waals surface area contributed by atoms with Gasteiger partial charge in [-0.05, 0) is 36.4 Å². The van der Waals surface area contributed by atoms with Crippen molar-refractivity contribution < 1.29 is 22.4 Å². The zero-order valence-corrected chi connectivity index (χ0v) is 18.1. The third-order valence-electron chi connectivity index (χ3n) is 4.75. The molecular weight excluding hydrogens is 427 g/mol. The second kappa shape index (κ2) is 10.1. The van der Waals surface area contributed by atoms with Gasteiger partial charge in [0.05, 0.1) is 12.1 Å². The van der Waals surface area contributed by atoms with Gasteiger partial charge in [0.15, 0.2) is 5.69 Å². The number of hydrogen-bond donors (Lipinski definition) is 1. The standard InChI is InChI=1S/C22H24F3N3O2S/c1-3-15(2)26-21(29)19-14-30-20(27-19)13-28(12-18-8-5-9-31-18)11-16-6-4-7-17(10-16)22(23,24)25/h4-10,14-15H,3,11-13H2,1-2H3,(H,26,29)/t15-/m0/s1. The number of alkyl halides is 3. The summed E-state index contributed by atoms with van der Waals surface area (Å²) in [6, 6.07) is 9.19. The molecule has 0 aliphatic heterocycles. The van der Waals surface area contributed by atoms with Crippen LogP contribution >= 0.6 is 11.3 Å². The van der Waals surface area contributed by atoms with E-state index >= 15 is 0 Å². The Morgan fingerprint density at radius 1 is 1.23 bits per heavy atom. The van der Waals surface area contributed by atoms with Crippen molar-refractivity contribution in [3.63, 3.8) is 0 Å². The minimum absolute atomic E-state index is 0.0175. The van der Waals surface area contributed by atoms with Gasteiger partial charge < -0.3 is 9.73 Å². The molecule has 1 aromatic carbocycles. The molecule has 0 aliphatic carbocycles. The molecule has 2 aromatic heterocycles. The number of benzene rings is 1. The Morgan fingerprint density at radius 3 is 2.71 bits per heavy atom. The van der Waals surface area contributed by atoms with Gasteiger partial charge in [-0.2, -0.15) is 13.2 Å². The average molecular weight is 452 g/mol. The first kappa shape index (κ1) is 23.0. The fourth-order valence-electron chi connectivity index (χ4n) is 2.97. The molecule has 0 aliphatic rings. The Bertz CT molecular complexity index is 986. The van der Waals surface area contributed by atoms with Crippen LogP contribution < -0.4 is 5.32 Å². The molecule has 9 heteroatoms. The molecule has 3 aromatic rings. The van der Waals surface area contributed by atoms with E-state index in [1.807, 2.05) is 36.3 Å². The van der Waals surface area contributed by atoms with Crippen molar-refractivity contribution in [1.29, 1.82) is 0 Å². The van der Waals surface area contributed by atoms with E-state index in [4.69, 9.17) is 4.42 Å². The Kier molecular flexibility index (Phi) is 7.50. The van der Waals surface area contributed by atoms with Crippen LogP contribution in [-0.2, 0) is 25.8 Å². The number of carbonyl (C=O) groups is 1. The average Bonchev–Trinajstić information content (AvgIpc) is 3.39. The molecule has 31 heavy (non-hydrogen) atoms. The van der Waals surface area contributed by atoms with Crippen LogP contribution in [0.4, 0.5) is 13.2 Å². The van der Waals surface area contributed by atoms with E-state index < -0.39 is 11.7 Å². The summed E-state index contributed by atoms with van der Waals surface area (Å²) in [7, 11) is 0. The number of nitrogens with one attached hydrogen (secondary N) is 1. The number of rotatable bonds is 9. The number of oxazole rings is 1. The molecule has 5 nitrogen and oxygen atoms in total. The van der Waals surface area contributed by atoms with Crippen molar-refractivity contribution in [1.82, 2.24) is 15.2 Å². The quantitative estimate of drug-likeness (QED) is 0.468. The summed E-state index contributed by atoms with van der Waals surface area (Å²) >= 11 is 1.56. The summed E-state index contributed by atoms with van der Waals surface area (Å²) in [4.78, 5) is 19.5. The summed E-state index contributed by atoms with van der Waals surface area (Å²) in [5, 5.41) is 4.77. The largest absolute Gasteiger partial charge is 0.447 e. The molecule has 0 saturated carbocycles. The molecule has 1 amide bonds. The van der Waals surface area contributed by atoms with E-state index in [1.165, 1.54) is 12.3 Å². The maximum atomic E-state index is 13.1. The lowest BCUT2D eigenvalue weighted by molar-refractivity contribution is -0.137. The molecule has 1 atom stereocenters. The normalized spacial score (nSPS) is 12.8. The second-order valence-electron chi connectivity index (χ2n) is 7.33. The Hall–Kier alpha value is -2.65. The highest BCUT2D eigenvalue weighted by atomic mass is 32.1. The van der Waals surface area contributed by atoms with Crippen molar-refractivity contribution in [3.05, 3.63) is 75.6 Å². The molecule has 3 rings (SSSR count). The van der Waals surface area contributed by atoms with Gasteiger partial charge in [-0.25, -0.2) is 4.98 Å². The van der Waals surface area contributed by atoms with Crippen LogP contribution in [0.25, 0.3) is 0 Å². The van der Waals surface area contributed by atoms with Crippen molar-refractivity contribution in [2.45, 2.75) is 52.1 Å². The maximum Gasteiger partial charge on any atom is 0.416 e. The summed E-state index contributed by atoms with van der Waals surface area (Å²) < 4.78 is 44.7. The van der Waals surface area contributed by atoms with Gasteiger partial charge in [0.1, 0.15) is 6.26 Å². The second-order valence-corrected chi connectivity index (χ2v) is 8.36.